The summed E-state index contributed by atoms with van der Waals surface area (Å²) >= 11 is 0. The van der Waals surface area contributed by atoms with Gasteiger partial charge in [-0.15, -0.1) is 0 Å². The summed E-state index contributed by atoms with van der Waals surface area (Å²) in [6, 6.07) is 8.66. The van der Waals surface area contributed by atoms with Crippen LogP contribution in [0.1, 0.15) is 38.8 Å². The molecule has 2 N–H and O–H groups in total. The fraction of sp³-hybridized carbons (Fsp3) is 0.562. The summed E-state index contributed by atoms with van der Waals surface area (Å²) < 4.78 is 0. The Morgan fingerprint density at radius 1 is 1.40 bits per heavy atom. The maximum absolute atomic E-state index is 11.9. The van der Waals surface area contributed by atoms with Crippen LogP contribution >= 0.6 is 0 Å². The van der Waals surface area contributed by atoms with Crippen LogP contribution in [0.4, 0.5) is 5.69 Å². The lowest BCUT2D eigenvalue weighted by Gasteiger charge is -2.37. The molecule has 0 aromatic heterocycles. The van der Waals surface area contributed by atoms with Crippen molar-refractivity contribution in [1.82, 2.24) is 10.6 Å². The molecule has 0 bridgehead atoms. The minimum atomic E-state index is -0.107. The minimum absolute atomic E-state index is 0.107. The van der Waals surface area contributed by atoms with E-state index in [1.807, 2.05) is 6.92 Å². The van der Waals surface area contributed by atoms with E-state index in [9.17, 15) is 4.79 Å². The van der Waals surface area contributed by atoms with E-state index in [4.69, 9.17) is 0 Å². The molecule has 0 spiro atoms. The Hall–Kier alpha value is -1.55. The molecule has 4 nitrogen and oxygen atoms in total. The second-order valence-corrected chi connectivity index (χ2v) is 5.24. The van der Waals surface area contributed by atoms with Gasteiger partial charge in [-0.2, -0.15) is 0 Å². The van der Waals surface area contributed by atoms with Crippen LogP contribution in [0, 0.1) is 0 Å². The predicted octanol–water partition coefficient (Wildman–Crippen LogP) is 2.07. The van der Waals surface area contributed by atoms with Gasteiger partial charge in [0.2, 0.25) is 5.91 Å². The Morgan fingerprint density at radius 3 is 2.85 bits per heavy atom. The van der Waals surface area contributed by atoms with Crippen LogP contribution in [-0.2, 0) is 4.79 Å². The van der Waals surface area contributed by atoms with Crippen LogP contribution in [0.3, 0.4) is 0 Å². The van der Waals surface area contributed by atoms with Gasteiger partial charge in [-0.1, -0.05) is 32.0 Å². The van der Waals surface area contributed by atoms with Crippen molar-refractivity contribution in [1.29, 1.82) is 0 Å². The molecule has 1 aromatic rings. The van der Waals surface area contributed by atoms with Crippen LogP contribution < -0.4 is 15.5 Å². The van der Waals surface area contributed by atoms with Crippen molar-refractivity contribution in [3.63, 3.8) is 0 Å². The van der Waals surface area contributed by atoms with Crippen molar-refractivity contribution >= 4 is 11.6 Å². The fourth-order valence-corrected chi connectivity index (χ4v) is 2.88. The standard InChI is InChI=1S/C16H25N3O/c1-4-14(17-5-2)13-8-6-7-9-15(13)19-11-10-18-16(20)12(19)3/h6-9,12,14,17H,4-5,10-11H2,1-3H3,(H,18,20). The third-order valence-corrected chi connectivity index (χ3v) is 3.98. The smallest absolute Gasteiger partial charge is 0.242 e. The first-order chi connectivity index (χ1) is 9.69. The van der Waals surface area contributed by atoms with E-state index in [1.54, 1.807) is 0 Å². The quantitative estimate of drug-likeness (QED) is 0.864. The predicted molar refractivity (Wildman–Crippen MR) is 83.0 cm³/mol. The molecule has 1 amide bonds. The molecule has 0 saturated carbocycles. The molecule has 110 valence electrons. The number of hydrogen-bond acceptors (Lipinski definition) is 3. The Balaban J connectivity index is 2.33. The maximum Gasteiger partial charge on any atom is 0.242 e. The lowest BCUT2D eigenvalue weighted by atomic mass is 10.00. The zero-order valence-electron chi connectivity index (χ0n) is 12.6. The molecule has 0 aliphatic carbocycles. The molecule has 1 aliphatic rings. The van der Waals surface area contributed by atoms with Gasteiger partial charge >= 0.3 is 0 Å². The van der Waals surface area contributed by atoms with Gasteiger partial charge in [0, 0.05) is 24.8 Å². The number of piperazine rings is 1. The van der Waals surface area contributed by atoms with E-state index in [0.717, 1.165) is 26.1 Å². The zero-order chi connectivity index (χ0) is 14.5. The monoisotopic (exact) mass is 275 g/mol. The van der Waals surface area contributed by atoms with Crippen molar-refractivity contribution < 1.29 is 4.79 Å². The Bertz CT molecular complexity index is 461. The number of hydrogen-bond donors (Lipinski definition) is 2. The van der Waals surface area contributed by atoms with Gasteiger partial charge in [-0.05, 0) is 31.5 Å². The summed E-state index contributed by atoms with van der Waals surface area (Å²) in [4.78, 5) is 14.1. The van der Waals surface area contributed by atoms with E-state index in [2.05, 4.69) is 53.6 Å². The highest BCUT2D eigenvalue weighted by atomic mass is 16.2. The molecule has 2 rings (SSSR count). The number of nitrogens with one attached hydrogen (secondary N) is 2. The fourth-order valence-electron chi connectivity index (χ4n) is 2.88. The first kappa shape index (κ1) is 14.9. The number of para-hydroxylation sites is 1. The molecule has 1 saturated heterocycles. The number of rotatable bonds is 5. The first-order valence-corrected chi connectivity index (χ1v) is 7.55. The molecule has 1 heterocycles. The molecular weight excluding hydrogens is 250 g/mol. The molecule has 2 unspecified atom stereocenters. The molecule has 1 aromatic carbocycles. The molecule has 1 fully saturated rings. The second-order valence-electron chi connectivity index (χ2n) is 5.24. The van der Waals surface area contributed by atoms with Gasteiger partial charge in [0.1, 0.15) is 6.04 Å². The van der Waals surface area contributed by atoms with E-state index in [0.29, 0.717) is 6.04 Å². The SMILES string of the molecule is CCNC(CC)c1ccccc1N1CCNC(=O)C1C. The van der Waals surface area contributed by atoms with Crippen molar-refractivity contribution in [2.45, 2.75) is 39.3 Å². The van der Waals surface area contributed by atoms with Crippen LogP contribution in [0.2, 0.25) is 0 Å². The number of nitrogens with zero attached hydrogens (tertiary/aromatic N) is 1. The summed E-state index contributed by atoms with van der Waals surface area (Å²) in [5.41, 5.74) is 2.47. The molecular formula is C16H25N3O. The summed E-state index contributed by atoms with van der Waals surface area (Å²) in [5, 5.41) is 6.45. The molecule has 4 heteroatoms. The van der Waals surface area contributed by atoms with E-state index in [1.165, 1.54) is 11.3 Å². The van der Waals surface area contributed by atoms with Gasteiger partial charge < -0.3 is 15.5 Å². The molecule has 20 heavy (non-hydrogen) atoms. The molecule has 0 radical (unpaired) electrons. The number of carbonyl (C=O) groups is 1. The highest BCUT2D eigenvalue weighted by molar-refractivity contribution is 5.86. The largest absolute Gasteiger partial charge is 0.358 e. The number of anilines is 1. The van der Waals surface area contributed by atoms with E-state index >= 15 is 0 Å². The summed E-state index contributed by atoms with van der Waals surface area (Å²) in [6.45, 7) is 8.82. The Labute approximate surface area is 121 Å². The lowest BCUT2D eigenvalue weighted by Crippen LogP contribution is -2.54. The third kappa shape index (κ3) is 2.96. The third-order valence-electron chi connectivity index (χ3n) is 3.98. The van der Waals surface area contributed by atoms with Crippen molar-refractivity contribution in [2.75, 3.05) is 24.5 Å². The second kappa shape index (κ2) is 6.75. The lowest BCUT2D eigenvalue weighted by molar-refractivity contribution is -0.122. The topological polar surface area (TPSA) is 44.4 Å². The Morgan fingerprint density at radius 2 is 2.15 bits per heavy atom. The maximum atomic E-state index is 11.9. The summed E-state index contributed by atoms with van der Waals surface area (Å²) in [5.74, 6) is 0.113. The van der Waals surface area contributed by atoms with Gasteiger partial charge in [0.15, 0.2) is 0 Å². The average molecular weight is 275 g/mol. The summed E-state index contributed by atoms with van der Waals surface area (Å²) in [7, 11) is 0. The van der Waals surface area contributed by atoms with Crippen LogP contribution in [0.15, 0.2) is 24.3 Å². The highest BCUT2D eigenvalue weighted by Crippen LogP contribution is 2.30. The van der Waals surface area contributed by atoms with E-state index in [-0.39, 0.29) is 11.9 Å². The first-order valence-electron chi connectivity index (χ1n) is 7.55. The van der Waals surface area contributed by atoms with Crippen LogP contribution in [0.25, 0.3) is 0 Å². The zero-order valence-corrected chi connectivity index (χ0v) is 12.6. The van der Waals surface area contributed by atoms with Crippen LogP contribution in [-0.4, -0.2) is 31.6 Å². The minimum Gasteiger partial charge on any atom is -0.358 e. The number of amides is 1. The van der Waals surface area contributed by atoms with Crippen molar-refractivity contribution in [2.24, 2.45) is 0 Å². The Kier molecular flexibility index (Phi) is 5.01. The highest BCUT2D eigenvalue weighted by Gasteiger charge is 2.28. The molecule has 2 atom stereocenters. The number of benzene rings is 1. The molecule has 1 aliphatic heterocycles. The number of carbonyl (C=O) groups excluding carboxylic acids is 1. The van der Waals surface area contributed by atoms with Gasteiger partial charge in [-0.3, -0.25) is 4.79 Å². The van der Waals surface area contributed by atoms with Crippen molar-refractivity contribution in [3.8, 4) is 0 Å². The normalized spacial score (nSPS) is 20.6. The summed E-state index contributed by atoms with van der Waals surface area (Å²) in [6.07, 6.45) is 1.04. The average Bonchev–Trinajstić information content (AvgIpc) is 2.48. The van der Waals surface area contributed by atoms with Gasteiger partial charge in [0.05, 0.1) is 0 Å². The van der Waals surface area contributed by atoms with Crippen molar-refractivity contribution in [3.05, 3.63) is 29.8 Å². The van der Waals surface area contributed by atoms with Crippen LogP contribution in [0.5, 0.6) is 0 Å². The van der Waals surface area contributed by atoms with Gasteiger partial charge in [0.25, 0.3) is 0 Å². The van der Waals surface area contributed by atoms with E-state index < -0.39 is 0 Å². The van der Waals surface area contributed by atoms with Gasteiger partial charge in [-0.25, -0.2) is 0 Å².